The zero-order valence-electron chi connectivity index (χ0n) is 34.2. The molecule has 3 nitrogen and oxygen atoms in total. The number of rotatable bonds is 5. The quantitative estimate of drug-likeness (QED) is 0.189. The summed E-state index contributed by atoms with van der Waals surface area (Å²) in [5.74, 6) is 7.96. The maximum absolute atomic E-state index is 7.55. The van der Waals surface area contributed by atoms with Crippen LogP contribution in [0.4, 0.5) is 17.1 Å². The van der Waals surface area contributed by atoms with Crippen LogP contribution in [-0.2, 0) is 9.47 Å². The van der Waals surface area contributed by atoms with Crippen LogP contribution < -0.4 is 4.90 Å². The summed E-state index contributed by atoms with van der Waals surface area (Å²) in [6.07, 6.45) is 25.1. The summed E-state index contributed by atoms with van der Waals surface area (Å²) in [6.45, 7) is 0. The molecule has 298 valence electrons. The molecular formula is C54H65NO2. The maximum atomic E-state index is 7.55. The lowest BCUT2D eigenvalue weighted by atomic mass is 9.48. The largest absolute Gasteiger partial charge is 0.370 e. The summed E-state index contributed by atoms with van der Waals surface area (Å²) >= 11 is 0. The molecule has 4 aromatic rings. The van der Waals surface area contributed by atoms with E-state index in [1.54, 1.807) is 0 Å². The van der Waals surface area contributed by atoms with Crippen molar-refractivity contribution in [1.82, 2.24) is 0 Å². The van der Waals surface area contributed by atoms with Crippen LogP contribution in [0.15, 0.2) is 109 Å². The summed E-state index contributed by atoms with van der Waals surface area (Å²) in [6, 6.07) is 40.0. The van der Waals surface area contributed by atoms with Crippen LogP contribution in [0.25, 0.3) is 11.1 Å². The van der Waals surface area contributed by atoms with Crippen LogP contribution >= 0.6 is 0 Å². The molecule has 0 spiro atoms. The molecule has 0 aromatic heterocycles. The Bertz CT molecular complexity index is 1900. The second-order valence-corrected chi connectivity index (χ2v) is 19.7. The highest BCUT2D eigenvalue weighted by Gasteiger charge is 2.56. The molecular weight excluding hydrogens is 695 g/mol. The van der Waals surface area contributed by atoms with Gasteiger partial charge in [-0.3, -0.25) is 0 Å². The fourth-order valence-corrected chi connectivity index (χ4v) is 14.8. The van der Waals surface area contributed by atoms with Crippen molar-refractivity contribution >= 4 is 17.1 Å². The van der Waals surface area contributed by atoms with E-state index in [0.717, 1.165) is 53.8 Å². The molecule has 3 heteroatoms. The maximum Gasteiger partial charge on any atom is 0.0910 e. The molecule has 0 N–H and O–H groups in total. The molecule has 0 radical (unpaired) electrons. The molecule has 11 rings (SSSR count). The highest BCUT2D eigenvalue weighted by Crippen LogP contribution is 2.61. The second-order valence-electron chi connectivity index (χ2n) is 19.7. The third-order valence-corrected chi connectivity index (χ3v) is 17.0. The summed E-state index contributed by atoms with van der Waals surface area (Å²) in [5.41, 5.74) is 7.49. The second kappa shape index (κ2) is 16.0. The van der Waals surface area contributed by atoms with E-state index >= 15 is 0 Å². The molecule has 7 fully saturated rings. The molecule has 1 aliphatic heterocycles. The van der Waals surface area contributed by atoms with Crippen LogP contribution in [0.2, 0.25) is 0 Å². The minimum absolute atomic E-state index is 0.167. The first-order valence-electron chi connectivity index (χ1n) is 23.7. The fraction of sp³-hybridized carbons (Fsp3) is 0.556. The topological polar surface area (TPSA) is 21.7 Å². The number of benzene rings is 4. The van der Waals surface area contributed by atoms with Gasteiger partial charge in [-0.25, -0.2) is 0 Å². The van der Waals surface area contributed by atoms with E-state index in [1.807, 2.05) is 0 Å². The lowest BCUT2D eigenvalue weighted by Crippen LogP contribution is -2.59. The molecule has 6 aliphatic carbocycles. The van der Waals surface area contributed by atoms with Crippen LogP contribution in [0.5, 0.6) is 0 Å². The normalized spacial score (nSPS) is 37.4. The van der Waals surface area contributed by atoms with E-state index in [2.05, 4.69) is 114 Å². The Morgan fingerprint density at radius 1 is 0.368 bits per heavy atom. The monoisotopic (exact) mass is 760 g/mol. The first-order valence-corrected chi connectivity index (χ1v) is 23.7. The van der Waals surface area contributed by atoms with Gasteiger partial charge in [0.05, 0.1) is 24.4 Å². The smallest absolute Gasteiger partial charge is 0.0910 e. The van der Waals surface area contributed by atoms with Gasteiger partial charge in [-0.15, -0.1) is 0 Å². The van der Waals surface area contributed by atoms with E-state index in [-0.39, 0.29) is 18.3 Å². The van der Waals surface area contributed by atoms with Gasteiger partial charge in [0.2, 0.25) is 0 Å². The molecule has 7 aliphatic rings. The van der Waals surface area contributed by atoms with Crippen molar-refractivity contribution in [2.24, 2.45) is 47.3 Å². The minimum Gasteiger partial charge on any atom is -0.370 e. The highest BCUT2D eigenvalue weighted by atomic mass is 16.6. The van der Waals surface area contributed by atoms with Crippen LogP contribution in [0, 0.1) is 47.3 Å². The van der Waals surface area contributed by atoms with E-state index in [9.17, 15) is 0 Å². The molecule has 1 saturated heterocycles. The Morgan fingerprint density at radius 2 is 0.860 bits per heavy atom. The van der Waals surface area contributed by atoms with Gasteiger partial charge in [0.1, 0.15) is 0 Å². The van der Waals surface area contributed by atoms with Gasteiger partial charge in [0.15, 0.2) is 0 Å². The molecule has 13 atom stereocenters. The van der Waals surface area contributed by atoms with Gasteiger partial charge in [-0.2, -0.15) is 0 Å². The predicted octanol–water partition coefficient (Wildman–Crippen LogP) is 14.1. The molecule has 4 aromatic carbocycles. The van der Waals surface area contributed by atoms with Gasteiger partial charge in [-0.05, 0) is 165 Å². The van der Waals surface area contributed by atoms with Crippen molar-refractivity contribution in [3.63, 3.8) is 0 Å². The number of hydrogen-bond acceptors (Lipinski definition) is 3. The summed E-state index contributed by atoms with van der Waals surface area (Å²) in [4.78, 5) is 2.34. The highest BCUT2D eigenvalue weighted by molar-refractivity contribution is 5.78. The number of para-hydroxylation sites is 2. The third-order valence-electron chi connectivity index (χ3n) is 17.0. The first kappa shape index (κ1) is 36.7. The lowest BCUT2D eigenvalue weighted by Gasteiger charge is -2.60. The van der Waals surface area contributed by atoms with Gasteiger partial charge >= 0.3 is 0 Å². The SMILES string of the molecule is c1ccc(N(c2ccccc2)c2ccc(-c3cccc(C4CCCC5OC6CC7C8CCCCC8C8CCCCC8C8CCCCC8C7CC6OC54)c3)cc2)cc1. The minimum atomic E-state index is 0.167. The number of hydrogen-bond donors (Lipinski definition) is 0. The number of fused-ring (bicyclic) bond motifs is 10. The number of anilines is 3. The van der Waals surface area contributed by atoms with Crippen molar-refractivity contribution in [3.8, 4) is 11.1 Å². The van der Waals surface area contributed by atoms with Gasteiger partial charge < -0.3 is 14.4 Å². The molecule has 13 unspecified atom stereocenters. The molecule has 57 heavy (non-hydrogen) atoms. The average Bonchev–Trinajstić information content (AvgIpc) is 3.28. The Balaban J connectivity index is 0.850. The van der Waals surface area contributed by atoms with Gasteiger partial charge in [-0.1, -0.05) is 118 Å². The molecule has 6 saturated carbocycles. The van der Waals surface area contributed by atoms with Crippen molar-refractivity contribution in [1.29, 1.82) is 0 Å². The fourth-order valence-electron chi connectivity index (χ4n) is 14.8. The van der Waals surface area contributed by atoms with Crippen molar-refractivity contribution < 1.29 is 9.47 Å². The lowest BCUT2D eigenvalue weighted by molar-refractivity contribution is -0.264. The zero-order chi connectivity index (χ0) is 37.7. The van der Waals surface area contributed by atoms with Crippen LogP contribution in [-0.4, -0.2) is 24.4 Å². The first-order chi connectivity index (χ1) is 28.3. The number of nitrogens with zero attached hydrogens (tertiary/aromatic N) is 1. The average molecular weight is 760 g/mol. The van der Waals surface area contributed by atoms with E-state index < -0.39 is 0 Å². The number of ether oxygens (including phenoxy) is 2. The Morgan fingerprint density at radius 3 is 1.40 bits per heavy atom. The van der Waals surface area contributed by atoms with Gasteiger partial charge in [0, 0.05) is 23.0 Å². The molecule has 1 heterocycles. The van der Waals surface area contributed by atoms with Crippen molar-refractivity contribution in [2.75, 3.05) is 4.90 Å². The summed E-state index contributed by atoms with van der Waals surface area (Å²) < 4.78 is 14.9. The Hall–Kier alpha value is -3.40. The Kier molecular flexibility index (Phi) is 10.3. The van der Waals surface area contributed by atoms with Crippen molar-refractivity contribution in [3.05, 3.63) is 115 Å². The molecule has 0 amide bonds. The van der Waals surface area contributed by atoms with Crippen LogP contribution in [0.1, 0.15) is 121 Å². The van der Waals surface area contributed by atoms with Crippen molar-refractivity contribution in [2.45, 2.75) is 139 Å². The van der Waals surface area contributed by atoms with Gasteiger partial charge in [0.25, 0.3) is 0 Å². The van der Waals surface area contributed by atoms with E-state index in [4.69, 9.17) is 9.47 Å². The van der Waals surface area contributed by atoms with E-state index in [1.165, 1.54) is 136 Å². The predicted molar refractivity (Wildman–Crippen MR) is 233 cm³/mol. The Labute approximate surface area is 342 Å². The zero-order valence-corrected chi connectivity index (χ0v) is 34.2. The van der Waals surface area contributed by atoms with E-state index in [0.29, 0.717) is 12.0 Å². The summed E-state index contributed by atoms with van der Waals surface area (Å²) in [5, 5.41) is 0. The summed E-state index contributed by atoms with van der Waals surface area (Å²) in [7, 11) is 0. The standard InChI is InChI=1S/C54H65NO2/c1-3-17-39(18-4-1)55(40-19-5-2-6-20-40)41-31-29-36(30-32-41)37-15-13-16-38(33-37)42-27-14-28-51-54(42)57-53-35-50-48-26-12-10-24-46(48)44-22-8-7-21-43(44)45-23-9-11-25-47(45)49(50)34-52(53)56-51/h1-6,13,15-20,29-33,42-54H,7-12,14,21-28,34-35H2. The third kappa shape index (κ3) is 6.91. The molecule has 0 bridgehead atoms. The van der Waals surface area contributed by atoms with Crippen LogP contribution in [0.3, 0.4) is 0 Å².